The molecule has 0 aliphatic carbocycles. The largest absolute Gasteiger partial charge is 0.377 e. The molecule has 1 aliphatic heterocycles. The van der Waals surface area contributed by atoms with Crippen molar-refractivity contribution < 1.29 is 9.53 Å². The topological polar surface area (TPSA) is 80.5 Å². The Hall–Kier alpha value is -1.50. The van der Waals surface area contributed by atoms with Gasteiger partial charge in [-0.1, -0.05) is 13.0 Å². The van der Waals surface area contributed by atoms with Crippen LogP contribution in [-0.2, 0) is 11.3 Å². The van der Waals surface area contributed by atoms with Crippen LogP contribution in [0.15, 0.2) is 18.2 Å². The van der Waals surface area contributed by atoms with E-state index in [2.05, 4.69) is 22.2 Å². The Morgan fingerprint density at radius 1 is 1.57 bits per heavy atom. The molecule has 1 amide bonds. The average Bonchev–Trinajstić information content (AvgIpc) is 2.53. The number of hydrogen-bond donors (Lipinski definition) is 2. The number of hydrogen-bond acceptors (Lipinski definition) is 5. The number of carbonyl (C=O) groups is 1. The van der Waals surface area contributed by atoms with Crippen LogP contribution in [0.1, 0.15) is 42.4 Å². The number of hydrazine groups is 1. The maximum atomic E-state index is 11.5. The lowest BCUT2D eigenvalue weighted by atomic mass is 10.1. The highest BCUT2D eigenvalue weighted by molar-refractivity contribution is 5.91. The number of aromatic nitrogens is 1. The molecule has 0 bridgehead atoms. The highest BCUT2D eigenvalue weighted by Crippen LogP contribution is 2.15. The molecule has 1 saturated heterocycles. The number of nitrogens with zero attached hydrogens (tertiary/aromatic N) is 2. The lowest BCUT2D eigenvalue weighted by molar-refractivity contribution is -0.00253. The monoisotopic (exact) mass is 292 g/mol. The predicted octanol–water partition coefficient (Wildman–Crippen LogP) is 1.08. The van der Waals surface area contributed by atoms with E-state index in [1.165, 1.54) is 0 Å². The van der Waals surface area contributed by atoms with Gasteiger partial charge in [-0.05, 0) is 37.9 Å². The maximum Gasteiger partial charge on any atom is 0.283 e. The van der Waals surface area contributed by atoms with Crippen LogP contribution in [0.5, 0.6) is 0 Å². The number of nitrogen functional groups attached to an aromatic ring is 1. The zero-order chi connectivity index (χ0) is 15.1. The van der Waals surface area contributed by atoms with Crippen molar-refractivity contribution >= 4 is 5.91 Å². The van der Waals surface area contributed by atoms with Gasteiger partial charge in [0.05, 0.1) is 11.8 Å². The van der Waals surface area contributed by atoms with Crippen molar-refractivity contribution in [2.45, 2.75) is 38.8 Å². The molecule has 1 fully saturated rings. The first-order chi connectivity index (χ1) is 10.2. The van der Waals surface area contributed by atoms with Crippen LogP contribution in [0.4, 0.5) is 0 Å². The van der Waals surface area contributed by atoms with E-state index in [-0.39, 0.29) is 5.91 Å². The summed E-state index contributed by atoms with van der Waals surface area (Å²) in [6.07, 6.45) is 3.62. The Kier molecular flexibility index (Phi) is 6.10. The van der Waals surface area contributed by atoms with Crippen molar-refractivity contribution in [1.82, 2.24) is 15.3 Å². The van der Waals surface area contributed by atoms with Gasteiger partial charge in [-0.3, -0.25) is 15.1 Å². The standard InChI is InChI=1S/C15H24N4O2/c1-2-9-21-13-6-4-8-19(11-13)10-12-5-3-7-14(17-12)15(20)18-16/h3,5,7,13H,2,4,6,8-11,16H2,1H3,(H,18,20). The summed E-state index contributed by atoms with van der Waals surface area (Å²) in [7, 11) is 0. The van der Waals surface area contributed by atoms with Crippen molar-refractivity contribution in [2.24, 2.45) is 5.84 Å². The first kappa shape index (κ1) is 15.9. The molecule has 1 aromatic rings. The van der Waals surface area contributed by atoms with Gasteiger partial charge in [0.15, 0.2) is 0 Å². The van der Waals surface area contributed by atoms with E-state index in [0.29, 0.717) is 11.8 Å². The zero-order valence-corrected chi connectivity index (χ0v) is 12.5. The first-order valence-corrected chi connectivity index (χ1v) is 7.53. The zero-order valence-electron chi connectivity index (χ0n) is 12.5. The van der Waals surface area contributed by atoms with Crippen LogP contribution in [0.3, 0.4) is 0 Å². The first-order valence-electron chi connectivity index (χ1n) is 7.53. The number of rotatable bonds is 6. The molecule has 1 aliphatic rings. The minimum atomic E-state index is -0.361. The molecular formula is C15H24N4O2. The molecule has 0 saturated carbocycles. The minimum absolute atomic E-state index is 0.314. The average molecular weight is 292 g/mol. The third-order valence-electron chi connectivity index (χ3n) is 3.58. The molecule has 6 heteroatoms. The number of pyridine rings is 1. The van der Waals surface area contributed by atoms with Gasteiger partial charge in [0.25, 0.3) is 5.91 Å². The third kappa shape index (κ3) is 4.77. The maximum absolute atomic E-state index is 11.5. The van der Waals surface area contributed by atoms with Crippen molar-refractivity contribution in [2.75, 3.05) is 19.7 Å². The minimum Gasteiger partial charge on any atom is -0.377 e. The summed E-state index contributed by atoms with van der Waals surface area (Å²) in [4.78, 5) is 18.2. The summed E-state index contributed by atoms with van der Waals surface area (Å²) in [6, 6.07) is 5.43. The highest BCUT2D eigenvalue weighted by Gasteiger charge is 2.20. The Bertz CT molecular complexity index is 467. The second-order valence-corrected chi connectivity index (χ2v) is 5.36. The second-order valence-electron chi connectivity index (χ2n) is 5.36. The van der Waals surface area contributed by atoms with Crippen LogP contribution in [0.25, 0.3) is 0 Å². The van der Waals surface area contributed by atoms with Gasteiger partial charge >= 0.3 is 0 Å². The molecule has 3 N–H and O–H groups in total. The van der Waals surface area contributed by atoms with Crippen LogP contribution in [0, 0.1) is 0 Å². The molecule has 21 heavy (non-hydrogen) atoms. The number of piperidine rings is 1. The Morgan fingerprint density at radius 2 is 2.43 bits per heavy atom. The number of nitrogens with one attached hydrogen (secondary N) is 1. The van der Waals surface area contributed by atoms with Gasteiger partial charge in [-0.15, -0.1) is 0 Å². The molecule has 6 nitrogen and oxygen atoms in total. The third-order valence-corrected chi connectivity index (χ3v) is 3.58. The number of carbonyl (C=O) groups excluding carboxylic acids is 1. The van der Waals surface area contributed by atoms with Gasteiger partial charge in [-0.25, -0.2) is 10.8 Å². The van der Waals surface area contributed by atoms with E-state index in [1.807, 2.05) is 12.1 Å². The van der Waals surface area contributed by atoms with Crippen molar-refractivity contribution in [3.05, 3.63) is 29.6 Å². The fraction of sp³-hybridized carbons (Fsp3) is 0.600. The molecule has 116 valence electrons. The molecule has 2 heterocycles. The van der Waals surface area contributed by atoms with E-state index in [1.54, 1.807) is 6.07 Å². The highest BCUT2D eigenvalue weighted by atomic mass is 16.5. The van der Waals surface area contributed by atoms with Gasteiger partial charge < -0.3 is 4.74 Å². The number of ether oxygens (including phenoxy) is 1. The SMILES string of the molecule is CCCOC1CCCN(Cc2cccc(C(=O)NN)n2)C1. The molecule has 0 aromatic carbocycles. The molecule has 0 spiro atoms. The summed E-state index contributed by atoms with van der Waals surface area (Å²) in [5.74, 6) is 4.78. The number of amides is 1. The van der Waals surface area contributed by atoms with Gasteiger partial charge in [0.2, 0.25) is 0 Å². The van der Waals surface area contributed by atoms with E-state index in [4.69, 9.17) is 10.6 Å². The molecule has 1 unspecified atom stereocenters. The quantitative estimate of drug-likeness (QED) is 0.466. The van der Waals surface area contributed by atoms with Crippen molar-refractivity contribution in [3.63, 3.8) is 0 Å². The Morgan fingerprint density at radius 3 is 3.19 bits per heavy atom. The summed E-state index contributed by atoms with van der Waals surface area (Å²) in [6.45, 7) is 5.65. The number of likely N-dealkylation sites (tertiary alicyclic amines) is 1. The smallest absolute Gasteiger partial charge is 0.283 e. The van der Waals surface area contributed by atoms with Crippen molar-refractivity contribution in [3.8, 4) is 0 Å². The fourth-order valence-electron chi connectivity index (χ4n) is 2.57. The summed E-state index contributed by atoms with van der Waals surface area (Å²) in [5, 5.41) is 0. The molecule has 2 rings (SSSR count). The van der Waals surface area contributed by atoms with E-state index in [9.17, 15) is 4.79 Å². The Balaban J connectivity index is 1.93. The number of nitrogens with two attached hydrogens (primary N) is 1. The molecular weight excluding hydrogens is 268 g/mol. The normalized spacial score (nSPS) is 19.4. The van der Waals surface area contributed by atoms with Gasteiger partial charge in [0.1, 0.15) is 5.69 Å². The summed E-state index contributed by atoms with van der Waals surface area (Å²) in [5.41, 5.74) is 3.34. The summed E-state index contributed by atoms with van der Waals surface area (Å²) < 4.78 is 5.84. The van der Waals surface area contributed by atoms with Gasteiger partial charge in [-0.2, -0.15) is 0 Å². The van der Waals surface area contributed by atoms with Gasteiger partial charge in [0, 0.05) is 19.7 Å². The van der Waals surface area contributed by atoms with E-state index >= 15 is 0 Å². The lowest BCUT2D eigenvalue weighted by Crippen LogP contribution is -2.39. The second kappa shape index (κ2) is 8.07. The predicted molar refractivity (Wildman–Crippen MR) is 80.4 cm³/mol. The van der Waals surface area contributed by atoms with Crippen LogP contribution in [0.2, 0.25) is 0 Å². The Labute approximate surface area is 125 Å². The van der Waals surface area contributed by atoms with Crippen molar-refractivity contribution in [1.29, 1.82) is 0 Å². The van der Waals surface area contributed by atoms with Crippen LogP contribution >= 0.6 is 0 Å². The van der Waals surface area contributed by atoms with Crippen LogP contribution < -0.4 is 11.3 Å². The molecule has 0 radical (unpaired) electrons. The molecule has 1 aromatic heterocycles. The van der Waals surface area contributed by atoms with Crippen LogP contribution in [-0.4, -0.2) is 41.6 Å². The lowest BCUT2D eigenvalue weighted by Gasteiger charge is -2.32. The summed E-state index contributed by atoms with van der Waals surface area (Å²) >= 11 is 0. The van der Waals surface area contributed by atoms with E-state index < -0.39 is 0 Å². The fourth-order valence-corrected chi connectivity index (χ4v) is 2.57. The van der Waals surface area contributed by atoms with E-state index in [0.717, 1.165) is 51.2 Å². The molecule has 1 atom stereocenters.